The largest absolute Gasteiger partial charge is 0.367 e. The third-order valence-electron chi connectivity index (χ3n) is 1.43. The van der Waals surface area contributed by atoms with Gasteiger partial charge in [-0.15, -0.1) is 5.10 Å². The highest BCUT2D eigenvalue weighted by atomic mass is 79.9. The van der Waals surface area contributed by atoms with Gasteiger partial charge in [-0.3, -0.25) is 5.21 Å². The van der Waals surface area contributed by atoms with E-state index in [2.05, 4.69) is 26.1 Å². The fourth-order valence-corrected chi connectivity index (χ4v) is 1.02. The predicted octanol–water partition coefficient (Wildman–Crippen LogP) is 1.22. The van der Waals surface area contributed by atoms with Gasteiger partial charge in [-0.1, -0.05) is 6.07 Å². The minimum Gasteiger partial charge on any atom is -0.367 e. The Hall–Kier alpha value is -1.47. The van der Waals surface area contributed by atoms with Crippen LogP contribution in [-0.2, 0) is 0 Å². The normalized spacial score (nSPS) is 12.1. The summed E-state index contributed by atoms with van der Waals surface area (Å²) in [6.07, 6.45) is 1.31. The van der Waals surface area contributed by atoms with Gasteiger partial charge in [0.2, 0.25) is 5.96 Å². The molecule has 1 aromatic rings. The summed E-state index contributed by atoms with van der Waals surface area (Å²) in [5, 5.41) is 15.1. The van der Waals surface area contributed by atoms with Crippen LogP contribution < -0.4 is 11.2 Å². The molecule has 80 valence electrons. The molecule has 0 spiro atoms. The molecule has 0 aliphatic rings. The minimum absolute atomic E-state index is 0.246. The first kappa shape index (κ1) is 11.6. The third kappa shape index (κ3) is 3.64. The standard InChI is InChI=1S/C8H8BrFN4O/c9-6-2-1-5(3-7(6)10)4-12-13-8(11)14-15/h1-4,15H,(H3,11,13,14). The number of benzene rings is 1. The lowest BCUT2D eigenvalue weighted by Gasteiger charge is -1.95. The monoisotopic (exact) mass is 274 g/mol. The van der Waals surface area contributed by atoms with Gasteiger partial charge < -0.3 is 5.73 Å². The first-order valence-electron chi connectivity index (χ1n) is 3.85. The van der Waals surface area contributed by atoms with Crippen molar-refractivity contribution < 1.29 is 9.60 Å². The Balaban J connectivity index is 2.77. The molecule has 7 heteroatoms. The smallest absolute Gasteiger partial charge is 0.237 e. The maximum Gasteiger partial charge on any atom is 0.237 e. The zero-order valence-corrected chi connectivity index (χ0v) is 9.07. The molecular weight excluding hydrogens is 267 g/mol. The van der Waals surface area contributed by atoms with Crippen LogP contribution in [0.4, 0.5) is 4.39 Å². The van der Waals surface area contributed by atoms with Crippen LogP contribution in [-0.4, -0.2) is 17.4 Å². The van der Waals surface area contributed by atoms with Crippen molar-refractivity contribution in [2.75, 3.05) is 0 Å². The Morgan fingerprint density at radius 1 is 1.60 bits per heavy atom. The number of hydrogen-bond acceptors (Lipinski definition) is 3. The van der Waals surface area contributed by atoms with Crippen molar-refractivity contribution in [2.24, 2.45) is 15.9 Å². The Labute approximate surface area is 93.6 Å². The molecule has 1 aromatic carbocycles. The fourth-order valence-electron chi connectivity index (χ4n) is 0.773. The Bertz CT molecular complexity index is 408. The summed E-state index contributed by atoms with van der Waals surface area (Å²) in [6, 6.07) is 4.48. The number of halogens is 2. The lowest BCUT2D eigenvalue weighted by molar-refractivity contribution is 0.232. The predicted molar refractivity (Wildman–Crippen MR) is 58.2 cm³/mol. The summed E-state index contributed by atoms with van der Waals surface area (Å²) >= 11 is 3.02. The van der Waals surface area contributed by atoms with Crippen LogP contribution >= 0.6 is 15.9 Å². The van der Waals surface area contributed by atoms with Crippen molar-refractivity contribution in [3.05, 3.63) is 34.1 Å². The number of nitrogens with zero attached hydrogens (tertiary/aromatic N) is 2. The molecule has 0 amide bonds. The molecule has 0 aliphatic heterocycles. The van der Waals surface area contributed by atoms with Gasteiger partial charge in [-0.05, 0) is 33.6 Å². The number of hydrogen-bond donors (Lipinski definition) is 3. The maximum absolute atomic E-state index is 13.0. The Morgan fingerprint density at radius 2 is 2.33 bits per heavy atom. The molecule has 5 nitrogen and oxygen atoms in total. The Morgan fingerprint density at radius 3 is 2.93 bits per heavy atom. The molecular formula is C8H8BrFN4O. The van der Waals surface area contributed by atoms with E-state index in [1.807, 2.05) is 0 Å². The second-order valence-electron chi connectivity index (χ2n) is 2.52. The van der Waals surface area contributed by atoms with E-state index < -0.39 is 5.82 Å². The van der Waals surface area contributed by atoms with Gasteiger partial charge in [0, 0.05) is 0 Å². The highest BCUT2D eigenvalue weighted by molar-refractivity contribution is 9.10. The second kappa shape index (κ2) is 5.42. The first-order valence-corrected chi connectivity index (χ1v) is 4.64. The number of guanidine groups is 1. The average Bonchev–Trinajstić information content (AvgIpc) is 2.23. The molecule has 0 aliphatic carbocycles. The summed E-state index contributed by atoms with van der Waals surface area (Å²) in [4.78, 5) is 0. The van der Waals surface area contributed by atoms with Crippen LogP contribution in [0.2, 0.25) is 0 Å². The second-order valence-corrected chi connectivity index (χ2v) is 3.37. The van der Waals surface area contributed by atoms with Gasteiger partial charge in [0.25, 0.3) is 0 Å². The van der Waals surface area contributed by atoms with E-state index in [0.29, 0.717) is 10.0 Å². The molecule has 0 bridgehead atoms. The average molecular weight is 275 g/mol. The summed E-state index contributed by atoms with van der Waals surface area (Å²) in [6.45, 7) is 0. The highest BCUT2D eigenvalue weighted by Gasteiger charge is 1.97. The lowest BCUT2D eigenvalue weighted by Crippen LogP contribution is -2.27. The van der Waals surface area contributed by atoms with Crippen molar-refractivity contribution in [3.8, 4) is 0 Å². The van der Waals surface area contributed by atoms with Gasteiger partial charge in [-0.25, -0.2) is 9.87 Å². The van der Waals surface area contributed by atoms with Crippen molar-refractivity contribution in [3.63, 3.8) is 0 Å². The third-order valence-corrected chi connectivity index (χ3v) is 2.07. The number of nitrogens with two attached hydrogens (primary N) is 1. The van der Waals surface area contributed by atoms with Crippen molar-refractivity contribution >= 4 is 28.1 Å². The Kier molecular flexibility index (Phi) is 4.19. The van der Waals surface area contributed by atoms with Crippen LogP contribution in [0.25, 0.3) is 0 Å². The zero-order valence-electron chi connectivity index (χ0n) is 7.48. The molecule has 0 aromatic heterocycles. The lowest BCUT2D eigenvalue weighted by atomic mass is 10.2. The summed E-state index contributed by atoms with van der Waals surface area (Å²) in [5.74, 6) is -0.639. The van der Waals surface area contributed by atoms with Gasteiger partial charge >= 0.3 is 0 Å². The summed E-state index contributed by atoms with van der Waals surface area (Å²) in [7, 11) is 0. The van der Waals surface area contributed by atoms with E-state index in [9.17, 15) is 4.39 Å². The van der Waals surface area contributed by atoms with Gasteiger partial charge in [0.15, 0.2) is 0 Å². The minimum atomic E-state index is -0.392. The van der Waals surface area contributed by atoms with E-state index in [-0.39, 0.29) is 5.96 Å². The summed E-state index contributed by atoms with van der Waals surface area (Å²) in [5.41, 5.74) is 7.22. The topological polar surface area (TPSA) is 83.0 Å². The van der Waals surface area contributed by atoms with Crippen LogP contribution in [0.15, 0.2) is 32.9 Å². The molecule has 0 unspecified atom stereocenters. The van der Waals surface area contributed by atoms with E-state index in [0.717, 1.165) is 0 Å². The molecule has 15 heavy (non-hydrogen) atoms. The van der Waals surface area contributed by atoms with Gasteiger partial charge in [0.05, 0.1) is 10.7 Å². The molecule has 0 saturated heterocycles. The highest BCUT2D eigenvalue weighted by Crippen LogP contribution is 2.15. The number of rotatable bonds is 2. The van der Waals surface area contributed by atoms with Gasteiger partial charge in [0.1, 0.15) is 5.82 Å². The molecule has 0 radical (unpaired) electrons. The molecule has 0 saturated carbocycles. The number of nitrogens with one attached hydrogen (secondary N) is 1. The van der Waals surface area contributed by atoms with E-state index in [4.69, 9.17) is 10.9 Å². The van der Waals surface area contributed by atoms with E-state index in [1.165, 1.54) is 12.3 Å². The number of hydroxylamine groups is 1. The van der Waals surface area contributed by atoms with Crippen molar-refractivity contribution in [2.45, 2.75) is 0 Å². The molecule has 0 atom stereocenters. The fraction of sp³-hybridized carbons (Fsp3) is 0. The van der Waals surface area contributed by atoms with Gasteiger partial charge in [-0.2, -0.15) is 5.10 Å². The SMILES string of the molecule is NC(=NN=Cc1ccc(Br)c(F)c1)NO. The zero-order chi connectivity index (χ0) is 11.3. The quantitative estimate of drug-likeness (QED) is 0.431. The van der Waals surface area contributed by atoms with Crippen LogP contribution in [0.5, 0.6) is 0 Å². The van der Waals surface area contributed by atoms with E-state index >= 15 is 0 Å². The van der Waals surface area contributed by atoms with Crippen LogP contribution in [0, 0.1) is 5.82 Å². The van der Waals surface area contributed by atoms with E-state index in [1.54, 1.807) is 17.6 Å². The summed E-state index contributed by atoms with van der Waals surface area (Å²) < 4.78 is 13.4. The maximum atomic E-state index is 13.0. The van der Waals surface area contributed by atoms with Crippen LogP contribution in [0.3, 0.4) is 0 Å². The van der Waals surface area contributed by atoms with Crippen LogP contribution in [0.1, 0.15) is 5.56 Å². The molecule has 4 N–H and O–H groups in total. The molecule has 0 heterocycles. The van der Waals surface area contributed by atoms with Crippen molar-refractivity contribution in [1.29, 1.82) is 0 Å². The first-order chi connectivity index (χ1) is 7.13. The molecule has 0 fully saturated rings. The van der Waals surface area contributed by atoms with Crippen molar-refractivity contribution in [1.82, 2.24) is 5.48 Å². The molecule has 1 rings (SSSR count).